The van der Waals surface area contributed by atoms with E-state index in [1.165, 1.54) is 32.0 Å². The van der Waals surface area contributed by atoms with Crippen molar-refractivity contribution in [2.24, 2.45) is 0 Å². The number of nitrogens with two attached hydrogens (primary N) is 1. The summed E-state index contributed by atoms with van der Waals surface area (Å²) in [6.45, 7) is 2.80. The van der Waals surface area contributed by atoms with Crippen LogP contribution in [0.2, 0.25) is 0 Å². The van der Waals surface area contributed by atoms with Crippen LogP contribution in [0.3, 0.4) is 0 Å². The molecule has 4 N–H and O–H groups in total. The molecule has 8 nitrogen and oxygen atoms in total. The van der Waals surface area contributed by atoms with Crippen molar-refractivity contribution >= 4 is 23.2 Å². The molecule has 2 aromatic carbocycles. The number of hydrogen-bond acceptors (Lipinski definition) is 5. The molecule has 3 aromatic rings. The highest BCUT2D eigenvalue weighted by molar-refractivity contribution is 5.93. The van der Waals surface area contributed by atoms with E-state index in [9.17, 15) is 27.6 Å². The highest BCUT2D eigenvalue weighted by atomic mass is 19.4. The van der Waals surface area contributed by atoms with Gasteiger partial charge in [0.15, 0.2) is 0 Å². The summed E-state index contributed by atoms with van der Waals surface area (Å²) in [5.74, 6) is -1.08. The zero-order valence-electron chi connectivity index (χ0n) is 17.6. The molecular weight excluding hydrogens is 439 g/mol. The van der Waals surface area contributed by atoms with E-state index in [1.807, 2.05) is 0 Å². The molecule has 0 radical (unpaired) electrons. The van der Waals surface area contributed by atoms with Gasteiger partial charge in [0.2, 0.25) is 5.91 Å². The maximum atomic E-state index is 13.1. The normalized spacial score (nSPS) is 12.2. The Hall–Kier alpha value is -4.15. The second kappa shape index (κ2) is 9.15. The number of benzene rings is 2. The average molecular weight is 459 g/mol. The Morgan fingerprint density at radius 2 is 1.79 bits per heavy atom. The number of amides is 2. The molecule has 11 heteroatoms. The molecule has 33 heavy (non-hydrogen) atoms. The van der Waals surface area contributed by atoms with Crippen LogP contribution in [0.25, 0.3) is 5.69 Å². The number of rotatable bonds is 5. The summed E-state index contributed by atoms with van der Waals surface area (Å²) < 4.78 is 40.2. The zero-order valence-corrected chi connectivity index (χ0v) is 17.6. The second-order valence-electron chi connectivity index (χ2n) is 7.25. The quantitative estimate of drug-likeness (QED) is 0.506. The number of aromatic nitrogens is 2. The van der Waals surface area contributed by atoms with Gasteiger partial charge in [0, 0.05) is 18.7 Å². The molecule has 1 aromatic heterocycles. The Morgan fingerprint density at radius 1 is 1.09 bits per heavy atom. The van der Waals surface area contributed by atoms with Crippen LogP contribution in [0.5, 0.6) is 0 Å². The molecule has 2 amide bonds. The van der Waals surface area contributed by atoms with Gasteiger partial charge in [0.05, 0.1) is 23.0 Å². The van der Waals surface area contributed by atoms with Crippen LogP contribution < -0.4 is 21.9 Å². The standard InChI is InChI=1S/C22H20F3N5O3/c1-12(14-9-15(22(23,24)25)11-16(26)10-14)27-21(33)18-7-8-20(32)30(29-18)19-6-4-3-5-17(19)28-13(2)31/h3-12H,26H2,1-2H3,(H,27,33)(H,28,31). The fourth-order valence-electron chi connectivity index (χ4n) is 3.10. The lowest BCUT2D eigenvalue weighted by molar-refractivity contribution is -0.137. The first-order chi connectivity index (χ1) is 15.5. The van der Waals surface area contributed by atoms with E-state index in [0.29, 0.717) is 5.69 Å². The van der Waals surface area contributed by atoms with Crippen LogP contribution in [0.4, 0.5) is 24.5 Å². The predicted octanol–water partition coefficient (Wildman–Crippen LogP) is 3.28. The molecule has 0 saturated carbocycles. The van der Waals surface area contributed by atoms with Crippen LogP contribution in [-0.4, -0.2) is 21.6 Å². The number of nitrogens with zero attached hydrogens (tertiary/aromatic N) is 2. The van der Waals surface area contributed by atoms with Crippen LogP contribution in [-0.2, 0) is 11.0 Å². The maximum absolute atomic E-state index is 13.1. The molecule has 172 valence electrons. The Balaban J connectivity index is 1.91. The minimum Gasteiger partial charge on any atom is -0.399 e. The molecule has 0 aliphatic rings. The minimum atomic E-state index is -4.59. The monoisotopic (exact) mass is 459 g/mol. The first kappa shape index (κ1) is 23.5. The third-order valence-electron chi connectivity index (χ3n) is 4.63. The molecular formula is C22H20F3N5O3. The first-order valence-electron chi connectivity index (χ1n) is 9.71. The molecule has 1 atom stereocenters. The van der Waals surface area contributed by atoms with Gasteiger partial charge in [-0.1, -0.05) is 12.1 Å². The summed E-state index contributed by atoms with van der Waals surface area (Å²) in [5.41, 5.74) is 4.56. The largest absolute Gasteiger partial charge is 0.416 e. The fourth-order valence-corrected chi connectivity index (χ4v) is 3.10. The summed E-state index contributed by atoms with van der Waals surface area (Å²) in [6, 6.07) is 10.9. The van der Waals surface area contributed by atoms with Crippen molar-refractivity contribution in [3.8, 4) is 5.69 Å². The molecule has 0 aliphatic carbocycles. The average Bonchev–Trinajstić information content (AvgIpc) is 2.73. The number of carbonyl (C=O) groups is 2. The summed E-state index contributed by atoms with van der Waals surface area (Å²) in [7, 11) is 0. The highest BCUT2D eigenvalue weighted by Gasteiger charge is 2.31. The van der Waals surface area contributed by atoms with Gasteiger partial charge in [-0.15, -0.1) is 0 Å². The molecule has 0 spiro atoms. The number of hydrogen-bond donors (Lipinski definition) is 3. The molecule has 0 bridgehead atoms. The number of anilines is 2. The van der Waals surface area contributed by atoms with E-state index in [1.54, 1.807) is 18.2 Å². The van der Waals surface area contributed by atoms with Crippen molar-refractivity contribution in [3.05, 3.63) is 81.8 Å². The number of nitrogen functional groups attached to an aromatic ring is 1. The number of alkyl halides is 3. The van der Waals surface area contributed by atoms with Gasteiger partial charge >= 0.3 is 6.18 Å². The van der Waals surface area contributed by atoms with Gasteiger partial charge in [-0.2, -0.15) is 23.0 Å². The van der Waals surface area contributed by atoms with Gasteiger partial charge in [-0.25, -0.2) is 0 Å². The van der Waals surface area contributed by atoms with Crippen molar-refractivity contribution in [2.45, 2.75) is 26.1 Å². The molecule has 0 aliphatic heterocycles. The van der Waals surface area contributed by atoms with Gasteiger partial charge in [-0.3, -0.25) is 14.4 Å². The Labute approximate surface area is 186 Å². The summed E-state index contributed by atoms with van der Waals surface area (Å²) in [5, 5.41) is 9.20. The topological polar surface area (TPSA) is 119 Å². The van der Waals surface area contributed by atoms with E-state index in [0.717, 1.165) is 22.9 Å². The van der Waals surface area contributed by atoms with E-state index in [-0.39, 0.29) is 28.5 Å². The number of halogens is 3. The maximum Gasteiger partial charge on any atom is 0.416 e. The Kier molecular flexibility index (Phi) is 6.52. The van der Waals surface area contributed by atoms with Gasteiger partial charge in [0.25, 0.3) is 11.5 Å². The zero-order chi connectivity index (χ0) is 24.3. The van der Waals surface area contributed by atoms with Crippen LogP contribution in [0.15, 0.2) is 59.4 Å². The van der Waals surface area contributed by atoms with Crippen molar-refractivity contribution in [1.29, 1.82) is 0 Å². The van der Waals surface area contributed by atoms with E-state index < -0.39 is 29.2 Å². The lowest BCUT2D eigenvalue weighted by atomic mass is 10.0. The molecule has 1 unspecified atom stereocenters. The predicted molar refractivity (Wildman–Crippen MR) is 116 cm³/mol. The SMILES string of the molecule is CC(=O)Nc1ccccc1-n1nc(C(=O)NC(C)c2cc(N)cc(C(F)(F)F)c2)ccc1=O. The third-order valence-corrected chi connectivity index (χ3v) is 4.63. The Morgan fingerprint density at radius 3 is 2.45 bits per heavy atom. The highest BCUT2D eigenvalue weighted by Crippen LogP contribution is 2.32. The number of carbonyl (C=O) groups excluding carboxylic acids is 2. The van der Waals surface area contributed by atoms with Gasteiger partial charge in [-0.05, 0) is 48.9 Å². The summed E-state index contributed by atoms with van der Waals surface area (Å²) in [6.07, 6.45) is -4.59. The lowest BCUT2D eigenvalue weighted by Crippen LogP contribution is -2.31. The third kappa shape index (κ3) is 5.56. The van der Waals surface area contributed by atoms with Crippen molar-refractivity contribution in [3.63, 3.8) is 0 Å². The minimum absolute atomic E-state index is 0.0952. The van der Waals surface area contributed by atoms with E-state index in [2.05, 4.69) is 15.7 Å². The van der Waals surface area contributed by atoms with Gasteiger partial charge < -0.3 is 16.4 Å². The molecule has 1 heterocycles. The Bertz CT molecular complexity index is 1270. The van der Waals surface area contributed by atoms with Crippen molar-refractivity contribution in [2.75, 3.05) is 11.1 Å². The molecule has 0 saturated heterocycles. The molecule has 3 rings (SSSR count). The number of nitrogens with one attached hydrogen (secondary N) is 2. The molecule has 0 fully saturated rings. The second-order valence-corrected chi connectivity index (χ2v) is 7.25. The van der Waals surface area contributed by atoms with E-state index in [4.69, 9.17) is 5.73 Å². The fraction of sp³-hybridized carbons (Fsp3) is 0.182. The van der Waals surface area contributed by atoms with Crippen LogP contribution in [0.1, 0.15) is 41.5 Å². The first-order valence-corrected chi connectivity index (χ1v) is 9.71. The summed E-state index contributed by atoms with van der Waals surface area (Å²) in [4.78, 5) is 36.6. The summed E-state index contributed by atoms with van der Waals surface area (Å²) >= 11 is 0. The van der Waals surface area contributed by atoms with Gasteiger partial charge in [0.1, 0.15) is 5.69 Å². The lowest BCUT2D eigenvalue weighted by Gasteiger charge is -2.17. The smallest absolute Gasteiger partial charge is 0.399 e. The van der Waals surface area contributed by atoms with Crippen LogP contribution in [0, 0.1) is 0 Å². The number of para-hydroxylation sites is 2. The van der Waals surface area contributed by atoms with Crippen molar-refractivity contribution < 1.29 is 22.8 Å². The van der Waals surface area contributed by atoms with Crippen LogP contribution >= 0.6 is 0 Å². The van der Waals surface area contributed by atoms with E-state index >= 15 is 0 Å². The van der Waals surface area contributed by atoms with Crippen molar-refractivity contribution in [1.82, 2.24) is 15.1 Å².